The highest BCUT2D eigenvalue weighted by atomic mass is 79.9. The molecule has 1 atom stereocenters. The summed E-state index contributed by atoms with van der Waals surface area (Å²) in [5.41, 5.74) is 0.688. The van der Waals surface area contributed by atoms with Gasteiger partial charge in [-0.25, -0.2) is 0 Å². The van der Waals surface area contributed by atoms with E-state index in [4.69, 9.17) is 5.11 Å². The van der Waals surface area contributed by atoms with Crippen LogP contribution in [0.25, 0.3) is 0 Å². The van der Waals surface area contributed by atoms with E-state index in [0.29, 0.717) is 0 Å². The number of hydrogen-bond donors (Lipinski definition) is 1. The smallest absolute Gasteiger partial charge is 0.307 e. The average Bonchev–Trinajstić information content (AvgIpc) is 2.17. The molecule has 0 aromatic heterocycles. The van der Waals surface area contributed by atoms with E-state index in [0.717, 1.165) is 10.0 Å². The normalized spacial score (nSPS) is 13.6. The number of carboxylic acid groups (broad SMARTS) is 1. The van der Waals surface area contributed by atoms with Crippen molar-refractivity contribution in [2.24, 2.45) is 5.92 Å². The Balaban J connectivity index is 3.05. The van der Waals surface area contributed by atoms with Crippen LogP contribution >= 0.6 is 15.9 Å². The summed E-state index contributed by atoms with van der Waals surface area (Å²) in [4.78, 5) is 11.0. The molecule has 82 valence electrons. The van der Waals surface area contributed by atoms with Crippen molar-refractivity contribution >= 4 is 21.9 Å². The molecular formula is C12H15BrO2. The van der Waals surface area contributed by atoms with E-state index in [1.165, 1.54) is 0 Å². The lowest BCUT2D eigenvalue weighted by Gasteiger charge is -2.29. The van der Waals surface area contributed by atoms with E-state index >= 15 is 0 Å². The van der Waals surface area contributed by atoms with E-state index in [1.807, 2.05) is 38.1 Å². The second-order valence-corrected chi connectivity index (χ2v) is 5.20. The van der Waals surface area contributed by atoms with Crippen LogP contribution in [0.1, 0.15) is 26.3 Å². The Morgan fingerprint density at radius 3 is 2.20 bits per heavy atom. The fourth-order valence-electron chi connectivity index (χ4n) is 1.44. The molecule has 1 N–H and O–H groups in total. The molecule has 0 saturated heterocycles. The Hall–Kier alpha value is -0.830. The molecule has 0 aliphatic heterocycles. The van der Waals surface area contributed by atoms with Crippen LogP contribution in [-0.4, -0.2) is 11.1 Å². The molecule has 0 aliphatic rings. The fourth-order valence-corrected chi connectivity index (χ4v) is 1.70. The highest BCUT2D eigenvalue weighted by molar-refractivity contribution is 9.10. The predicted octanol–water partition coefficient (Wildman–Crippen LogP) is 3.45. The van der Waals surface area contributed by atoms with Gasteiger partial charge in [0.15, 0.2) is 0 Å². The molecule has 0 spiro atoms. The number of benzene rings is 1. The van der Waals surface area contributed by atoms with Crippen LogP contribution in [0.2, 0.25) is 0 Å². The molecule has 0 fully saturated rings. The Kier molecular flexibility index (Phi) is 3.55. The zero-order valence-electron chi connectivity index (χ0n) is 9.12. The number of carbonyl (C=O) groups is 1. The van der Waals surface area contributed by atoms with Gasteiger partial charge in [-0.1, -0.05) is 48.8 Å². The van der Waals surface area contributed by atoms with Crippen LogP contribution in [0.15, 0.2) is 28.7 Å². The van der Waals surface area contributed by atoms with Crippen molar-refractivity contribution in [2.75, 3.05) is 0 Å². The van der Waals surface area contributed by atoms with Crippen LogP contribution in [0.4, 0.5) is 0 Å². The first-order valence-electron chi connectivity index (χ1n) is 4.84. The number of aliphatic carboxylic acids is 1. The summed E-state index contributed by atoms with van der Waals surface area (Å²) >= 11 is 3.36. The lowest BCUT2D eigenvalue weighted by atomic mass is 9.74. The molecule has 0 aliphatic carbocycles. The van der Waals surface area contributed by atoms with Crippen molar-refractivity contribution < 1.29 is 9.90 Å². The zero-order chi connectivity index (χ0) is 11.6. The van der Waals surface area contributed by atoms with Crippen molar-refractivity contribution in [1.82, 2.24) is 0 Å². The summed E-state index contributed by atoms with van der Waals surface area (Å²) in [5, 5.41) is 9.02. The molecular weight excluding hydrogens is 256 g/mol. The number of carboxylic acids is 1. The monoisotopic (exact) mass is 270 g/mol. The highest BCUT2D eigenvalue weighted by Crippen LogP contribution is 2.32. The molecule has 0 amide bonds. The van der Waals surface area contributed by atoms with Crippen molar-refractivity contribution in [3.63, 3.8) is 0 Å². The summed E-state index contributed by atoms with van der Waals surface area (Å²) in [6.07, 6.45) is 0. The van der Waals surface area contributed by atoms with Gasteiger partial charge in [-0.15, -0.1) is 0 Å². The number of hydrogen-bond acceptors (Lipinski definition) is 1. The van der Waals surface area contributed by atoms with Crippen LogP contribution in [-0.2, 0) is 10.2 Å². The van der Waals surface area contributed by atoms with Crippen molar-refractivity contribution in [3.05, 3.63) is 34.3 Å². The van der Waals surface area contributed by atoms with Gasteiger partial charge in [-0.3, -0.25) is 4.79 Å². The first-order chi connectivity index (χ1) is 6.85. The topological polar surface area (TPSA) is 37.3 Å². The summed E-state index contributed by atoms with van der Waals surface area (Å²) in [5.74, 6) is -1.17. The minimum Gasteiger partial charge on any atom is -0.481 e. The molecule has 1 aromatic rings. The van der Waals surface area contributed by atoms with Gasteiger partial charge in [-0.05, 0) is 17.7 Å². The second-order valence-electron chi connectivity index (χ2n) is 4.29. The Morgan fingerprint density at radius 1 is 1.33 bits per heavy atom. The largest absolute Gasteiger partial charge is 0.481 e. The quantitative estimate of drug-likeness (QED) is 0.914. The Bertz CT molecular complexity index is 354. The molecule has 0 heterocycles. The summed E-state index contributed by atoms with van der Waals surface area (Å²) < 4.78 is 1.00. The molecule has 0 radical (unpaired) electrons. The van der Waals surface area contributed by atoms with Crippen LogP contribution in [0.3, 0.4) is 0 Å². The van der Waals surface area contributed by atoms with Gasteiger partial charge in [0, 0.05) is 9.89 Å². The zero-order valence-corrected chi connectivity index (χ0v) is 10.7. The molecule has 0 saturated carbocycles. The second kappa shape index (κ2) is 4.35. The minimum absolute atomic E-state index is 0.355. The van der Waals surface area contributed by atoms with Crippen LogP contribution in [0, 0.1) is 5.92 Å². The Labute approximate surface area is 98.4 Å². The highest BCUT2D eigenvalue weighted by Gasteiger charge is 2.32. The Morgan fingerprint density at radius 2 is 1.80 bits per heavy atom. The van der Waals surface area contributed by atoms with Crippen molar-refractivity contribution in [2.45, 2.75) is 26.2 Å². The first kappa shape index (κ1) is 12.2. The average molecular weight is 271 g/mol. The standard InChI is InChI=1S/C12H15BrO2/c1-8(11(14)15)12(2,3)9-4-6-10(13)7-5-9/h4-8H,1-3H3,(H,14,15). The van der Waals surface area contributed by atoms with Gasteiger partial charge in [0.05, 0.1) is 5.92 Å². The molecule has 2 nitrogen and oxygen atoms in total. The number of rotatable bonds is 3. The SMILES string of the molecule is CC(C(=O)O)C(C)(C)c1ccc(Br)cc1. The van der Waals surface area contributed by atoms with Crippen LogP contribution in [0.5, 0.6) is 0 Å². The minimum atomic E-state index is -0.761. The third-order valence-electron chi connectivity index (χ3n) is 3.04. The van der Waals surface area contributed by atoms with Gasteiger partial charge in [0.1, 0.15) is 0 Å². The van der Waals surface area contributed by atoms with E-state index in [9.17, 15) is 4.79 Å². The lowest BCUT2D eigenvalue weighted by molar-refractivity contribution is -0.143. The van der Waals surface area contributed by atoms with Crippen molar-refractivity contribution in [1.29, 1.82) is 0 Å². The summed E-state index contributed by atoms with van der Waals surface area (Å²) in [6, 6.07) is 7.80. The van der Waals surface area contributed by atoms with E-state index in [-0.39, 0.29) is 5.41 Å². The fraction of sp³-hybridized carbons (Fsp3) is 0.417. The molecule has 3 heteroatoms. The first-order valence-corrected chi connectivity index (χ1v) is 5.64. The van der Waals surface area contributed by atoms with E-state index in [2.05, 4.69) is 15.9 Å². The maximum Gasteiger partial charge on any atom is 0.307 e. The molecule has 1 aromatic carbocycles. The molecule has 0 bridgehead atoms. The van der Waals surface area contributed by atoms with Gasteiger partial charge in [0.2, 0.25) is 0 Å². The molecule has 1 rings (SSSR count). The number of halogens is 1. The van der Waals surface area contributed by atoms with Gasteiger partial charge < -0.3 is 5.11 Å². The predicted molar refractivity (Wildman–Crippen MR) is 64.0 cm³/mol. The lowest BCUT2D eigenvalue weighted by Crippen LogP contribution is -2.32. The van der Waals surface area contributed by atoms with Crippen molar-refractivity contribution in [3.8, 4) is 0 Å². The van der Waals surface area contributed by atoms with E-state index < -0.39 is 11.9 Å². The van der Waals surface area contributed by atoms with E-state index in [1.54, 1.807) is 6.92 Å². The van der Waals surface area contributed by atoms with Crippen LogP contribution < -0.4 is 0 Å². The third-order valence-corrected chi connectivity index (χ3v) is 3.57. The maximum atomic E-state index is 11.0. The van der Waals surface area contributed by atoms with Gasteiger partial charge in [-0.2, -0.15) is 0 Å². The summed E-state index contributed by atoms with van der Waals surface area (Å²) in [7, 11) is 0. The van der Waals surface area contributed by atoms with Gasteiger partial charge >= 0.3 is 5.97 Å². The maximum absolute atomic E-state index is 11.0. The molecule has 15 heavy (non-hydrogen) atoms. The third kappa shape index (κ3) is 2.59. The summed E-state index contributed by atoms with van der Waals surface area (Å²) in [6.45, 7) is 5.65. The molecule has 1 unspecified atom stereocenters. The van der Waals surface area contributed by atoms with Gasteiger partial charge in [0.25, 0.3) is 0 Å².